The van der Waals surface area contributed by atoms with E-state index in [4.69, 9.17) is 21.1 Å². The minimum atomic E-state index is 0.265. The number of guanidine groups is 1. The van der Waals surface area contributed by atoms with Crippen LogP contribution in [-0.2, 0) is 11.2 Å². The van der Waals surface area contributed by atoms with Crippen LogP contribution in [0, 0.1) is 0 Å². The Labute approximate surface area is 143 Å². The van der Waals surface area contributed by atoms with Gasteiger partial charge in [0.05, 0.1) is 19.8 Å². The Balaban J connectivity index is 1.82. The fourth-order valence-electron chi connectivity index (χ4n) is 2.50. The summed E-state index contributed by atoms with van der Waals surface area (Å²) in [4.78, 5) is 4.59. The zero-order chi connectivity index (χ0) is 16.5. The van der Waals surface area contributed by atoms with Crippen molar-refractivity contribution in [1.29, 1.82) is 0 Å². The molecule has 1 aromatic carbocycles. The highest BCUT2D eigenvalue weighted by Crippen LogP contribution is 2.22. The predicted molar refractivity (Wildman–Crippen MR) is 94.7 cm³/mol. The van der Waals surface area contributed by atoms with E-state index in [1.807, 2.05) is 18.2 Å². The second-order valence-corrected chi connectivity index (χ2v) is 5.90. The monoisotopic (exact) mass is 339 g/mol. The van der Waals surface area contributed by atoms with E-state index in [9.17, 15) is 0 Å². The first-order valence-corrected chi connectivity index (χ1v) is 8.57. The van der Waals surface area contributed by atoms with Crippen molar-refractivity contribution in [1.82, 2.24) is 10.6 Å². The molecule has 2 rings (SSSR count). The van der Waals surface area contributed by atoms with E-state index in [0.29, 0.717) is 6.54 Å². The van der Waals surface area contributed by atoms with Gasteiger partial charge >= 0.3 is 0 Å². The van der Waals surface area contributed by atoms with Crippen molar-refractivity contribution >= 4 is 17.6 Å². The first kappa shape index (κ1) is 17.9. The lowest BCUT2D eigenvalue weighted by molar-refractivity contribution is 0.117. The SMILES string of the molecule is CCNC(=NCC1CCCO1)NCCc1ccc(OC)cc1Cl. The quantitative estimate of drug-likeness (QED) is 0.592. The molecule has 2 N–H and O–H groups in total. The summed E-state index contributed by atoms with van der Waals surface area (Å²) < 4.78 is 10.8. The van der Waals surface area contributed by atoms with E-state index in [1.54, 1.807) is 7.11 Å². The molecule has 5 nitrogen and oxygen atoms in total. The Kier molecular flexibility index (Phi) is 7.49. The van der Waals surface area contributed by atoms with E-state index in [2.05, 4.69) is 22.5 Å². The molecule has 128 valence electrons. The van der Waals surface area contributed by atoms with Crippen molar-refractivity contribution in [3.8, 4) is 5.75 Å². The van der Waals surface area contributed by atoms with Gasteiger partial charge in [0.15, 0.2) is 5.96 Å². The molecule has 1 heterocycles. The predicted octanol–water partition coefficient (Wildman–Crippen LogP) is 2.63. The molecule has 1 fully saturated rings. The van der Waals surface area contributed by atoms with Crippen LogP contribution in [-0.4, -0.2) is 45.4 Å². The number of nitrogens with zero attached hydrogens (tertiary/aromatic N) is 1. The van der Waals surface area contributed by atoms with Crippen LogP contribution in [0.5, 0.6) is 5.75 Å². The van der Waals surface area contributed by atoms with Crippen LogP contribution in [0.2, 0.25) is 5.02 Å². The molecule has 0 saturated carbocycles. The van der Waals surface area contributed by atoms with Crippen LogP contribution >= 0.6 is 11.6 Å². The van der Waals surface area contributed by atoms with Crippen molar-refractivity contribution in [3.05, 3.63) is 28.8 Å². The highest BCUT2D eigenvalue weighted by Gasteiger charge is 2.14. The first-order valence-electron chi connectivity index (χ1n) is 8.19. The molecule has 0 aliphatic carbocycles. The minimum Gasteiger partial charge on any atom is -0.497 e. The maximum atomic E-state index is 6.26. The van der Waals surface area contributed by atoms with Crippen molar-refractivity contribution in [2.45, 2.75) is 32.3 Å². The molecular formula is C17H26ClN3O2. The largest absolute Gasteiger partial charge is 0.497 e. The van der Waals surface area contributed by atoms with Crippen molar-refractivity contribution < 1.29 is 9.47 Å². The number of halogens is 1. The van der Waals surface area contributed by atoms with E-state index >= 15 is 0 Å². The minimum absolute atomic E-state index is 0.265. The molecule has 1 aromatic rings. The van der Waals surface area contributed by atoms with Gasteiger partial charge in [0, 0.05) is 24.7 Å². The van der Waals surface area contributed by atoms with Gasteiger partial charge < -0.3 is 20.1 Å². The Morgan fingerprint density at radius 1 is 1.43 bits per heavy atom. The molecule has 1 unspecified atom stereocenters. The maximum Gasteiger partial charge on any atom is 0.191 e. The molecule has 1 aliphatic rings. The van der Waals surface area contributed by atoms with Crippen LogP contribution in [0.3, 0.4) is 0 Å². The van der Waals surface area contributed by atoms with Gasteiger partial charge in [0.25, 0.3) is 0 Å². The molecular weight excluding hydrogens is 314 g/mol. The summed E-state index contributed by atoms with van der Waals surface area (Å²) in [7, 11) is 1.64. The van der Waals surface area contributed by atoms with E-state index < -0.39 is 0 Å². The van der Waals surface area contributed by atoms with E-state index in [0.717, 1.165) is 61.3 Å². The van der Waals surface area contributed by atoms with Gasteiger partial charge in [0.2, 0.25) is 0 Å². The standard InChI is InChI=1S/C17H26ClN3O2/c1-3-19-17(21-12-15-5-4-10-23-15)20-9-8-13-6-7-14(22-2)11-16(13)18/h6-7,11,15H,3-5,8-10,12H2,1-2H3,(H2,19,20,21). The van der Waals surface area contributed by atoms with Gasteiger partial charge in [-0.1, -0.05) is 17.7 Å². The number of rotatable bonds is 7. The number of aliphatic imine (C=N–C) groups is 1. The fourth-order valence-corrected chi connectivity index (χ4v) is 2.76. The third kappa shape index (κ3) is 5.92. The summed E-state index contributed by atoms with van der Waals surface area (Å²) in [5, 5.41) is 7.33. The van der Waals surface area contributed by atoms with Crippen molar-refractivity contribution in [2.75, 3.05) is 33.4 Å². The van der Waals surface area contributed by atoms with Crippen LogP contribution in [0.4, 0.5) is 0 Å². The summed E-state index contributed by atoms with van der Waals surface area (Å²) in [5.41, 5.74) is 1.09. The van der Waals surface area contributed by atoms with Gasteiger partial charge in [-0.2, -0.15) is 0 Å². The molecule has 0 aromatic heterocycles. The lowest BCUT2D eigenvalue weighted by Gasteiger charge is -2.13. The topological polar surface area (TPSA) is 54.9 Å². The zero-order valence-electron chi connectivity index (χ0n) is 13.9. The average Bonchev–Trinajstić information content (AvgIpc) is 3.07. The van der Waals surface area contributed by atoms with Gasteiger partial charge in [0.1, 0.15) is 5.75 Å². The number of ether oxygens (including phenoxy) is 2. The summed E-state index contributed by atoms with van der Waals surface area (Å²) in [5.74, 6) is 1.60. The number of hydrogen-bond acceptors (Lipinski definition) is 3. The Morgan fingerprint density at radius 3 is 2.96 bits per heavy atom. The van der Waals surface area contributed by atoms with Gasteiger partial charge in [-0.3, -0.25) is 4.99 Å². The smallest absolute Gasteiger partial charge is 0.191 e. The number of benzene rings is 1. The van der Waals surface area contributed by atoms with E-state index in [-0.39, 0.29) is 6.10 Å². The van der Waals surface area contributed by atoms with Crippen LogP contribution in [0.15, 0.2) is 23.2 Å². The van der Waals surface area contributed by atoms with Crippen LogP contribution < -0.4 is 15.4 Å². The molecule has 0 bridgehead atoms. The molecule has 23 heavy (non-hydrogen) atoms. The Morgan fingerprint density at radius 2 is 2.30 bits per heavy atom. The Hall–Kier alpha value is -1.46. The zero-order valence-corrected chi connectivity index (χ0v) is 14.7. The Bertz CT molecular complexity index is 517. The van der Waals surface area contributed by atoms with Gasteiger partial charge in [-0.05, 0) is 43.9 Å². The summed E-state index contributed by atoms with van der Waals surface area (Å²) in [6, 6.07) is 5.77. The molecule has 1 atom stereocenters. The maximum absolute atomic E-state index is 6.26. The first-order chi connectivity index (χ1) is 11.2. The molecule has 6 heteroatoms. The summed E-state index contributed by atoms with van der Waals surface area (Å²) in [6.07, 6.45) is 3.33. The van der Waals surface area contributed by atoms with Crippen molar-refractivity contribution in [2.24, 2.45) is 4.99 Å². The third-order valence-corrected chi connectivity index (χ3v) is 4.12. The lowest BCUT2D eigenvalue weighted by Crippen LogP contribution is -2.39. The second-order valence-electron chi connectivity index (χ2n) is 5.49. The fraction of sp³-hybridized carbons (Fsp3) is 0.588. The highest BCUT2D eigenvalue weighted by atomic mass is 35.5. The van der Waals surface area contributed by atoms with Gasteiger partial charge in [-0.25, -0.2) is 0 Å². The normalized spacial score (nSPS) is 18.0. The van der Waals surface area contributed by atoms with Gasteiger partial charge in [-0.15, -0.1) is 0 Å². The summed E-state index contributed by atoms with van der Waals surface area (Å²) >= 11 is 6.26. The molecule has 0 spiro atoms. The molecule has 1 aliphatic heterocycles. The molecule has 1 saturated heterocycles. The number of hydrogen-bond donors (Lipinski definition) is 2. The van der Waals surface area contributed by atoms with E-state index in [1.165, 1.54) is 0 Å². The molecule has 0 radical (unpaired) electrons. The highest BCUT2D eigenvalue weighted by molar-refractivity contribution is 6.31. The van der Waals surface area contributed by atoms with Crippen molar-refractivity contribution in [3.63, 3.8) is 0 Å². The number of nitrogens with one attached hydrogen (secondary N) is 2. The lowest BCUT2D eigenvalue weighted by atomic mass is 10.1. The number of methoxy groups -OCH3 is 1. The van der Waals surface area contributed by atoms with Crippen LogP contribution in [0.25, 0.3) is 0 Å². The molecule has 0 amide bonds. The van der Waals surface area contributed by atoms with Crippen LogP contribution in [0.1, 0.15) is 25.3 Å². The second kappa shape index (κ2) is 9.63. The summed E-state index contributed by atoms with van der Waals surface area (Å²) in [6.45, 7) is 5.23. The third-order valence-electron chi connectivity index (χ3n) is 3.77. The average molecular weight is 340 g/mol.